The van der Waals surface area contributed by atoms with E-state index < -0.39 is 0 Å². The zero-order valence-electron chi connectivity index (χ0n) is 13.6. The summed E-state index contributed by atoms with van der Waals surface area (Å²) in [5, 5.41) is 6.37. The monoisotopic (exact) mass is 304 g/mol. The smallest absolute Gasteiger partial charge is 0.234 e. The minimum Gasteiger partial charge on any atom is -0.496 e. The van der Waals surface area contributed by atoms with Gasteiger partial charge in [0, 0.05) is 18.2 Å². The lowest BCUT2D eigenvalue weighted by atomic mass is 9.97. The fraction of sp³-hybridized carbons (Fsp3) is 0.611. The van der Waals surface area contributed by atoms with Crippen LogP contribution < -0.4 is 15.4 Å². The number of ether oxygens (including phenoxy) is 1. The SMILES string of the molecule is COc1ccccc1CNC(=O)CNC1CCCCCCC1. The predicted octanol–water partition coefficient (Wildman–Crippen LogP) is 3.01. The highest BCUT2D eigenvalue weighted by atomic mass is 16.5. The number of hydrogen-bond donors (Lipinski definition) is 2. The molecule has 1 aliphatic rings. The van der Waals surface area contributed by atoms with Gasteiger partial charge in [-0.25, -0.2) is 0 Å². The maximum atomic E-state index is 12.0. The molecule has 2 N–H and O–H groups in total. The molecule has 0 spiro atoms. The van der Waals surface area contributed by atoms with Crippen molar-refractivity contribution in [3.63, 3.8) is 0 Å². The largest absolute Gasteiger partial charge is 0.496 e. The summed E-state index contributed by atoms with van der Waals surface area (Å²) in [6.07, 6.45) is 8.98. The second-order valence-corrected chi connectivity index (χ2v) is 6.01. The Balaban J connectivity index is 1.71. The van der Waals surface area contributed by atoms with Gasteiger partial charge in [0.25, 0.3) is 0 Å². The van der Waals surface area contributed by atoms with Gasteiger partial charge in [0.05, 0.1) is 13.7 Å². The van der Waals surface area contributed by atoms with Crippen LogP contribution in [-0.2, 0) is 11.3 Å². The van der Waals surface area contributed by atoms with Gasteiger partial charge in [0.1, 0.15) is 5.75 Å². The third kappa shape index (κ3) is 5.68. The molecule has 1 saturated carbocycles. The Morgan fingerprint density at radius 1 is 1.14 bits per heavy atom. The number of para-hydroxylation sites is 1. The molecule has 0 aliphatic heterocycles. The second kappa shape index (κ2) is 9.46. The lowest BCUT2D eigenvalue weighted by Crippen LogP contribution is -2.39. The van der Waals surface area contributed by atoms with E-state index in [1.807, 2.05) is 24.3 Å². The minimum atomic E-state index is 0.0490. The van der Waals surface area contributed by atoms with Gasteiger partial charge in [-0.15, -0.1) is 0 Å². The predicted molar refractivity (Wildman–Crippen MR) is 89.0 cm³/mol. The van der Waals surface area contributed by atoms with Crippen molar-refractivity contribution in [2.75, 3.05) is 13.7 Å². The van der Waals surface area contributed by atoms with Crippen molar-refractivity contribution in [3.05, 3.63) is 29.8 Å². The fourth-order valence-electron chi connectivity index (χ4n) is 3.00. The molecule has 2 rings (SSSR count). The number of methoxy groups -OCH3 is 1. The van der Waals surface area contributed by atoms with E-state index in [0.29, 0.717) is 19.1 Å². The van der Waals surface area contributed by atoms with Crippen LogP contribution in [0.15, 0.2) is 24.3 Å². The molecule has 122 valence electrons. The molecule has 1 aromatic rings. The molecule has 1 amide bonds. The fourth-order valence-corrected chi connectivity index (χ4v) is 3.00. The zero-order valence-corrected chi connectivity index (χ0v) is 13.6. The minimum absolute atomic E-state index is 0.0490. The van der Waals surface area contributed by atoms with Gasteiger partial charge in [0.2, 0.25) is 5.91 Å². The van der Waals surface area contributed by atoms with Crippen LogP contribution in [0.5, 0.6) is 5.75 Å². The number of rotatable bonds is 6. The summed E-state index contributed by atoms with van der Waals surface area (Å²) in [7, 11) is 1.65. The summed E-state index contributed by atoms with van der Waals surface area (Å²) in [5.74, 6) is 0.865. The molecule has 0 heterocycles. The molecule has 1 aliphatic carbocycles. The Labute approximate surface area is 133 Å². The van der Waals surface area contributed by atoms with E-state index in [1.165, 1.54) is 44.9 Å². The molecule has 0 bridgehead atoms. The number of amides is 1. The van der Waals surface area contributed by atoms with E-state index in [4.69, 9.17) is 4.74 Å². The molecule has 22 heavy (non-hydrogen) atoms. The number of carbonyl (C=O) groups excluding carboxylic acids is 1. The molecule has 4 nitrogen and oxygen atoms in total. The van der Waals surface area contributed by atoms with Crippen molar-refractivity contribution in [1.29, 1.82) is 0 Å². The van der Waals surface area contributed by atoms with Gasteiger partial charge in [-0.05, 0) is 18.9 Å². The van der Waals surface area contributed by atoms with Crippen molar-refractivity contribution in [2.24, 2.45) is 0 Å². The van der Waals surface area contributed by atoms with E-state index in [2.05, 4.69) is 10.6 Å². The summed E-state index contributed by atoms with van der Waals surface area (Å²) in [6.45, 7) is 0.912. The quantitative estimate of drug-likeness (QED) is 0.849. The second-order valence-electron chi connectivity index (χ2n) is 6.01. The Bertz CT molecular complexity index is 454. The first-order chi connectivity index (χ1) is 10.8. The van der Waals surface area contributed by atoms with Crippen LogP contribution in [0.25, 0.3) is 0 Å². The van der Waals surface area contributed by atoms with Gasteiger partial charge in [0.15, 0.2) is 0 Å². The summed E-state index contributed by atoms with van der Waals surface area (Å²) >= 11 is 0. The van der Waals surface area contributed by atoms with Gasteiger partial charge in [-0.1, -0.05) is 50.3 Å². The highest BCUT2D eigenvalue weighted by Gasteiger charge is 2.12. The van der Waals surface area contributed by atoms with E-state index in [0.717, 1.165) is 11.3 Å². The Hall–Kier alpha value is -1.55. The van der Waals surface area contributed by atoms with Crippen LogP contribution in [0.3, 0.4) is 0 Å². The Morgan fingerprint density at radius 2 is 1.82 bits per heavy atom. The van der Waals surface area contributed by atoms with Crippen molar-refractivity contribution < 1.29 is 9.53 Å². The highest BCUT2D eigenvalue weighted by Crippen LogP contribution is 2.17. The van der Waals surface area contributed by atoms with Crippen LogP contribution in [-0.4, -0.2) is 25.6 Å². The molecule has 1 fully saturated rings. The van der Waals surface area contributed by atoms with Crippen molar-refractivity contribution in [2.45, 2.75) is 57.5 Å². The normalized spacial score (nSPS) is 16.6. The lowest BCUT2D eigenvalue weighted by Gasteiger charge is -2.20. The molecule has 0 radical (unpaired) electrons. The molecule has 0 saturated heterocycles. The zero-order chi connectivity index (χ0) is 15.6. The number of nitrogens with one attached hydrogen (secondary N) is 2. The van der Waals surface area contributed by atoms with Crippen molar-refractivity contribution >= 4 is 5.91 Å². The topological polar surface area (TPSA) is 50.4 Å². The average molecular weight is 304 g/mol. The first-order valence-corrected chi connectivity index (χ1v) is 8.41. The molecular formula is C18H28N2O2. The van der Waals surface area contributed by atoms with Crippen molar-refractivity contribution in [1.82, 2.24) is 10.6 Å². The first kappa shape index (κ1) is 16.8. The van der Waals surface area contributed by atoms with Gasteiger partial charge in [-0.3, -0.25) is 4.79 Å². The summed E-state index contributed by atoms with van der Waals surface area (Å²) < 4.78 is 5.29. The van der Waals surface area contributed by atoms with Gasteiger partial charge in [-0.2, -0.15) is 0 Å². The standard InChI is InChI=1S/C18H28N2O2/c1-22-17-12-8-7-9-15(17)13-20-18(21)14-19-16-10-5-3-2-4-6-11-16/h7-9,12,16,19H,2-6,10-11,13-14H2,1H3,(H,20,21). The van der Waals surface area contributed by atoms with Crippen molar-refractivity contribution in [3.8, 4) is 5.75 Å². The maximum Gasteiger partial charge on any atom is 0.234 e. The molecule has 0 unspecified atom stereocenters. The third-order valence-electron chi connectivity index (χ3n) is 4.32. The van der Waals surface area contributed by atoms with Crippen LogP contribution in [0.4, 0.5) is 0 Å². The lowest BCUT2D eigenvalue weighted by molar-refractivity contribution is -0.120. The summed E-state index contributed by atoms with van der Waals surface area (Å²) in [4.78, 5) is 12.0. The Kier molecular flexibility index (Phi) is 7.23. The Morgan fingerprint density at radius 3 is 2.55 bits per heavy atom. The van der Waals surface area contributed by atoms with E-state index in [-0.39, 0.29) is 5.91 Å². The number of hydrogen-bond acceptors (Lipinski definition) is 3. The van der Waals surface area contributed by atoms with Crippen LogP contribution in [0.1, 0.15) is 50.5 Å². The van der Waals surface area contributed by atoms with E-state index >= 15 is 0 Å². The first-order valence-electron chi connectivity index (χ1n) is 8.41. The third-order valence-corrected chi connectivity index (χ3v) is 4.32. The van der Waals surface area contributed by atoms with Crippen LogP contribution in [0.2, 0.25) is 0 Å². The molecule has 1 aromatic carbocycles. The van der Waals surface area contributed by atoms with Gasteiger partial charge < -0.3 is 15.4 Å². The number of carbonyl (C=O) groups is 1. The number of benzene rings is 1. The van der Waals surface area contributed by atoms with Gasteiger partial charge >= 0.3 is 0 Å². The molecule has 4 heteroatoms. The highest BCUT2D eigenvalue weighted by molar-refractivity contribution is 5.78. The molecule has 0 atom stereocenters. The maximum absolute atomic E-state index is 12.0. The molecule has 0 aromatic heterocycles. The summed E-state index contributed by atoms with van der Waals surface area (Å²) in [6, 6.07) is 8.27. The van der Waals surface area contributed by atoms with Crippen LogP contribution >= 0.6 is 0 Å². The van der Waals surface area contributed by atoms with Crippen LogP contribution in [0, 0.1) is 0 Å². The molecular weight excluding hydrogens is 276 g/mol. The van der Waals surface area contributed by atoms with E-state index in [9.17, 15) is 4.79 Å². The summed E-state index contributed by atoms with van der Waals surface area (Å²) in [5.41, 5.74) is 1.00. The van der Waals surface area contributed by atoms with E-state index in [1.54, 1.807) is 7.11 Å². The average Bonchev–Trinajstić information content (AvgIpc) is 2.52.